The number of carbonyl (C=O) groups excluding carboxylic acids is 1. The van der Waals surface area contributed by atoms with Crippen molar-refractivity contribution in [3.8, 4) is 0 Å². The van der Waals surface area contributed by atoms with E-state index in [0.29, 0.717) is 5.00 Å². The smallest absolute Gasteiger partial charge is 0.211 e. The van der Waals surface area contributed by atoms with Crippen LogP contribution < -0.4 is 0 Å². The first kappa shape index (κ1) is 8.10. The van der Waals surface area contributed by atoms with Gasteiger partial charge in [0.15, 0.2) is 0 Å². The van der Waals surface area contributed by atoms with Gasteiger partial charge in [-0.05, 0) is 29.7 Å². The molecule has 0 bridgehead atoms. The van der Waals surface area contributed by atoms with E-state index in [9.17, 15) is 9.18 Å². The Hall–Kier alpha value is -1.51. The predicted octanol–water partition coefficient (Wildman–Crippen LogP) is 3.01. The maximum atomic E-state index is 12.7. The molecule has 0 fully saturated rings. The molecule has 2 aromatic rings. The average Bonchev–Trinajstić information content (AvgIpc) is 2.46. The number of aliphatic imine (C=N–C) groups is 1. The van der Waals surface area contributed by atoms with E-state index in [-0.39, 0.29) is 5.82 Å². The van der Waals surface area contributed by atoms with E-state index >= 15 is 0 Å². The molecule has 2 rings (SSSR count). The topological polar surface area (TPSA) is 29.4 Å². The maximum Gasteiger partial charge on any atom is 0.241 e. The van der Waals surface area contributed by atoms with Crippen molar-refractivity contribution >= 4 is 32.5 Å². The lowest BCUT2D eigenvalue weighted by molar-refractivity contribution is 0.565. The van der Waals surface area contributed by atoms with Crippen molar-refractivity contribution in [1.29, 1.82) is 0 Å². The fraction of sp³-hybridized carbons (Fsp3) is 0. The average molecular weight is 193 g/mol. The largest absolute Gasteiger partial charge is 0.241 e. The van der Waals surface area contributed by atoms with E-state index < -0.39 is 0 Å². The van der Waals surface area contributed by atoms with Crippen molar-refractivity contribution in [2.75, 3.05) is 0 Å². The Kier molecular flexibility index (Phi) is 1.93. The van der Waals surface area contributed by atoms with Crippen molar-refractivity contribution < 1.29 is 9.18 Å². The minimum atomic E-state index is -0.285. The second-order valence-electron chi connectivity index (χ2n) is 2.47. The molecule has 0 aliphatic rings. The van der Waals surface area contributed by atoms with Gasteiger partial charge in [-0.1, -0.05) is 0 Å². The van der Waals surface area contributed by atoms with Crippen LogP contribution in [-0.4, -0.2) is 6.08 Å². The van der Waals surface area contributed by atoms with Crippen LogP contribution in [0.5, 0.6) is 0 Å². The highest BCUT2D eigenvalue weighted by molar-refractivity contribution is 7.22. The third kappa shape index (κ3) is 1.49. The summed E-state index contributed by atoms with van der Waals surface area (Å²) in [5, 5.41) is 1.31. The molecule has 0 aliphatic carbocycles. The van der Waals surface area contributed by atoms with E-state index in [2.05, 4.69) is 4.99 Å². The van der Waals surface area contributed by atoms with Crippen LogP contribution in [0.25, 0.3) is 10.1 Å². The standard InChI is InChI=1S/C9H4FNOS/c10-7-1-2-8-6(3-7)4-9(13-8)11-5-12/h1-4H. The highest BCUT2D eigenvalue weighted by Gasteiger charge is 2.01. The van der Waals surface area contributed by atoms with Gasteiger partial charge in [0.2, 0.25) is 6.08 Å². The molecule has 0 saturated heterocycles. The van der Waals surface area contributed by atoms with Crippen molar-refractivity contribution in [3.63, 3.8) is 0 Å². The van der Waals surface area contributed by atoms with Gasteiger partial charge in [0, 0.05) is 4.70 Å². The van der Waals surface area contributed by atoms with E-state index in [0.717, 1.165) is 10.1 Å². The van der Waals surface area contributed by atoms with Crippen molar-refractivity contribution in [3.05, 3.63) is 30.1 Å². The van der Waals surface area contributed by atoms with Crippen LogP contribution in [-0.2, 0) is 4.79 Å². The summed E-state index contributed by atoms with van der Waals surface area (Å²) in [5.41, 5.74) is 0. The van der Waals surface area contributed by atoms with Gasteiger partial charge in [-0.25, -0.2) is 9.18 Å². The van der Waals surface area contributed by atoms with Gasteiger partial charge in [-0.15, -0.1) is 11.3 Å². The fourth-order valence-corrected chi connectivity index (χ4v) is 1.97. The van der Waals surface area contributed by atoms with Gasteiger partial charge in [0.05, 0.1) is 0 Å². The molecule has 0 spiro atoms. The number of rotatable bonds is 1. The number of thiophene rings is 1. The molecule has 0 N–H and O–H groups in total. The van der Waals surface area contributed by atoms with Crippen molar-refractivity contribution in [2.45, 2.75) is 0 Å². The van der Waals surface area contributed by atoms with Gasteiger partial charge >= 0.3 is 0 Å². The first-order valence-electron chi connectivity index (χ1n) is 3.56. The minimum Gasteiger partial charge on any atom is -0.211 e. The van der Waals surface area contributed by atoms with Crippen molar-refractivity contribution in [1.82, 2.24) is 0 Å². The summed E-state index contributed by atoms with van der Waals surface area (Å²) >= 11 is 1.33. The molecule has 2 nitrogen and oxygen atoms in total. The lowest BCUT2D eigenvalue weighted by Gasteiger charge is -1.86. The molecule has 0 atom stereocenters. The SMILES string of the molecule is O=C=Nc1cc2cc(F)ccc2s1. The van der Waals surface area contributed by atoms with E-state index in [1.807, 2.05) is 0 Å². The van der Waals surface area contributed by atoms with E-state index in [1.165, 1.54) is 29.5 Å². The normalized spacial score (nSPS) is 9.92. The van der Waals surface area contributed by atoms with Crippen LogP contribution in [0, 0.1) is 5.82 Å². The number of hydrogen-bond donors (Lipinski definition) is 0. The Balaban J connectivity index is 2.68. The molecule has 0 aliphatic heterocycles. The number of benzene rings is 1. The van der Waals surface area contributed by atoms with Crippen LogP contribution in [0.1, 0.15) is 0 Å². The summed E-state index contributed by atoms with van der Waals surface area (Å²) in [4.78, 5) is 13.4. The number of nitrogens with zero attached hydrogens (tertiary/aromatic N) is 1. The Morgan fingerprint density at radius 3 is 3.00 bits per heavy atom. The molecule has 1 heterocycles. The summed E-state index contributed by atoms with van der Waals surface area (Å²) in [5.74, 6) is -0.285. The van der Waals surface area contributed by atoms with Gasteiger partial charge < -0.3 is 0 Å². The molecule has 0 unspecified atom stereocenters. The van der Waals surface area contributed by atoms with Crippen LogP contribution in [0.3, 0.4) is 0 Å². The van der Waals surface area contributed by atoms with Gasteiger partial charge in [-0.2, -0.15) is 4.99 Å². The quantitative estimate of drug-likeness (QED) is 0.505. The molecule has 4 heteroatoms. The molecule has 1 aromatic carbocycles. The Morgan fingerprint density at radius 2 is 2.23 bits per heavy atom. The number of halogens is 1. The molecule has 0 amide bonds. The van der Waals surface area contributed by atoms with Crippen LogP contribution >= 0.6 is 11.3 Å². The van der Waals surface area contributed by atoms with Gasteiger partial charge in [0.1, 0.15) is 10.8 Å². The fourth-order valence-electron chi connectivity index (χ4n) is 1.10. The number of fused-ring (bicyclic) bond motifs is 1. The Labute approximate surface area is 77.3 Å². The number of isocyanates is 1. The zero-order valence-electron chi connectivity index (χ0n) is 6.45. The molecule has 1 aromatic heterocycles. The van der Waals surface area contributed by atoms with Crippen LogP contribution in [0.4, 0.5) is 9.39 Å². The van der Waals surface area contributed by atoms with Crippen LogP contribution in [0.15, 0.2) is 29.3 Å². The molecule has 13 heavy (non-hydrogen) atoms. The summed E-state index contributed by atoms with van der Waals surface area (Å²) in [6.45, 7) is 0. The first-order valence-corrected chi connectivity index (χ1v) is 4.38. The summed E-state index contributed by atoms with van der Waals surface area (Å²) in [7, 11) is 0. The van der Waals surface area contributed by atoms with E-state index in [4.69, 9.17) is 0 Å². The predicted molar refractivity (Wildman–Crippen MR) is 49.6 cm³/mol. The lowest BCUT2D eigenvalue weighted by Crippen LogP contribution is -1.68. The second kappa shape index (κ2) is 3.09. The Morgan fingerprint density at radius 1 is 1.38 bits per heavy atom. The van der Waals surface area contributed by atoms with Crippen molar-refractivity contribution in [2.24, 2.45) is 4.99 Å². The zero-order valence-corrected chi connectivity index (χ0v) is 7.27. The molecular weight excluding hydrogens is 189 g/mol. The monoisotopic (exact) mass is 193 g/mol. The second-order valence-corrected chi connectivity index (χ2v) is 3.53. The molecule has 0 radical (unpaired) electrons. The molecule has 0 saturated carbocycles. The van der Waals surface area contributed by atoms with Gasteiger partial charge in [0.25, 0.3) is 0 Å². The highest BCUT2D eigenvalue weighted by Crippen LogP contribution is 2.31. The third-order valence-corrected chi connectivity index (χ3v) is 2.63. The molecular formula is C9H4FNOS. The van der Waals surface area contributed by atoms with Crippen LogP contribution in [0.2, 0.25) is 0 Å². The third-order valence-electron chi connectivity index (χ3n) is 1.62. The molecule has 64 valence electrons. The maximum absolute atomic E-state index is 12.7. The Bertz CT molecular complexity index is 499. The van der Waals surface area contributed by atoms with E-state index in [1.54, 1.807) is 12.1 Å². The first-order chi connectivity index (χ1) is 6.29. The minimum absolute atomic E-state index is 0.285. The number of hydrogen-bond acceptors (Lipinski definition) is 3. The lowest BCUT2D eigenvalue weighted by atomic mass is 10.2. The zero-order chi connectivity index (χ0) is 9.26. The highest BCUT2D eigenvalue weighted by atomic mass is 32.1. The summed E-state index contributed by atoms with van der Waals surface area (Å²) in [6.07, 6.45) is 1.45. The summed E-state index contributed by atoms with van der Waals surface area (Å²) in [6, 6.07) is 6.12. The summed E-state index contributed by atoms with van der Waals surface area (Å²) < 4.78 is 13.6. The van der Waals surface area contributed by atoms with Gasteiger partial charge in [-0.3, -0.25) is 0 Å².